The van der Waals surface area contributed by atoms with Crippen molar-refractivity contribution in [3.05, 3.63) is 0 Å². The third-order valence-corrected chi connectivity index (χ3v) is 1.40. The van der Waals surface area contributed by atoms with E-state index in [0.29, 0.717) is 0 Å². The van der Waals surface area contributed by atoms with Crippen molar-refractivity contribution < 1.29 is 38.2 Å². The number of carbonyl (C=O) groups is 5. The van der Waals surface area contributed by atoms with Crippen LogP contribution < -0.4 is 0 Å². The van der Waals surface area contributed by atoms with Gasteiger partial charge in [-0.3, -0.25) is 19.2 Å². The normalized spacial score (nSPS) is 9.22. The number of esters is 5. The average Bonchev–Trinajstić information content (AvgIpc) is 2.21. The van der Waals surface area contributed by atoms with Crippen LogP contribution in [-0.2, 0) is 38.2 Å². The Morgan fingerprint density at radius 1 is 0.722 bits per heavy atom. The van der Waals surface area contributed by atoms with Crippen molar-refractivity contribution in [3.8, 4) is 0 Å². The fraction of sp³-hybridized carbons (Fsp3) is 0.500. The van der Waals surface area contributed by atoms with Crippen molar-refractivity contribution in [2.24, 2.45) is 0 Å². The van der Waals surface area contributed by atoms with Crippen molar-refractivity contribution in [2.75, 3.05) is 6.61 Å². The molecule has 0 saturated carbocycles. The van der Waals surface area contributed by atoms with E-state index in [1.807, 2.05) is 0 Å². The van der Waals surface area contributed by atoms with Gasteiger partial charge in [0.25, 0.3) is 0 Å². The van der Waals surface area contributed by atoms with E-state index in [1.165, 1.54) is 0 Å². The quantitative estimate of drug-likeness (QED) is 0.369. The van der Waals surface area contributed by atoms with Gasteiger partial charge in [-0.25, -0.2) is 4.79 Å². The highest BCUT2D eigenvalue weighted by molar-refractivity contribution is 5.87. The number of hydrogen-bond acceptors (Lipinski definition) is 8. The second kappa shape index (κ2) is 7.93. The zero-order valence-electron chi connectivity index (χ0n) is 9.89. The molecule has 0 aliphatic rings. The SMILES string of the molecule is CC(=O)OC(=O)CCC(=O)OCC(=O)OC(C)=O. The number of ether oxygens (including phenoxy) is 3. The molecule has 0 atom stereocenters. The molecule has 0 N–H and O–H groups in total. The monoisotopic (exact) mass is 260 g/mol. The minimum Gasteiger partial charge on any atom is -0.454 e. The van der Waals surface area contributed by atoms with Crippen molar-refractivity contribution in [3.63, 3.8) is 0 Å². The zero-order chi connectivity index (χ0) is 14.1. The highest BCUT2D eigenvalue weighted by Gasteiger charge is 2.13. The average molecular weight is 260 g/mol. The molecule has 0 aromatic rings. The number of hydrogen-bond donors (Lipinski definition) is 0. The van der Waals surface area contributed by atoms with Gasteiger partial charge >= 0.3 is 29.8 Å². The summed E-state index contributed by atoms with van der Waals surface area (Å²) in [6, 6.07) is 0. The molecule has 8 heteroatoms. The van der Waals surface area contributed by atoms with Crippen LogP contribution in [0.1, 0.15) is 26.7 Å². The van der Waals surface area contributed by atoms with E-state index in [1.54, 1.807) is 0 Å². The Morgan fingerprint density at radius 3 is 1.67 bits per heavy atom. The maximum atomic E-state index is 11.0. The molecule has 0 saturated heterocycles. The minimum atomic E-state index is -1.01. The molecule has 0 aromatic carbocycles. The van der Waals surface area contributed by atoms with Gasteiger partial charge in [-0.2, -0.15) is 0 Å². The molecular weight excluding hydrogens is 248 g/mol. The molecule has 0 rings (SSSR count). The van der Waals surface area contributed by atoms with E-state index in [-0.39, 0.29) is 12.8 Å². The molecule has 0 aromatic heterocycles. The van der Waals surface area contributed by atoms with Crippen molar-refractivity contribution in [2.45, 2.75) is 26.7 Å². The van der Waals surface area contributed by atoms with E-state index < -0.39 is 36.5 Å². The topological polar surface area (TPSA) is 113 Å². The maximum Gasteiger partial charge on any atom is 0.351 e. The highest BCUT2D eigenvalue weighted by atomic mass is 16.6. The fourth-order valence-corrected chi connectivity index (χ4v) is 0.817. The van der Waals surface area contributed by atoms with Crippen molar-refractivity contribution >= 4 is 29.8 Å². The van der Waals surface area contributed by atoms with E-state index in [2.05, 4.69) is 14.2 Å². The largest absolute Gasteiger partial charge is 0.454 e. The van der Waals surface area contributed by atoms with Crippen LogP contribution in [0.15, 0.2) is 0 Å². The van der Waals surface area contributed by atoms with Crippen LogP contribution in [0.3, 0.4) is 0 Å². The Kier molecular flexibility index (Phi) is 6.94. The van der Waals surface area contributed by atoms with Gasteiger partial charge in [-0.1, -0.05) is 0 Å². The van der Waals surface area contributed by atoms with Gasteiger partial charge in [0.2, 0.25) is 0 Å². The molecule has 0 aliphatic carbocycles. The number of rotatable bonds is 5. The Balaban J connectivity index is 3.78. The summed E-state index contributed by atoms with van der Waals surface area (Å²) in [5, 5.41) is 0. The summed E-state index contributed by atoms with van der Waals surface area (Å²) in [6.07, 6.45) is -0.695. The Hall–Kier alpha value is -2.25. The van der Waals surface area contributed by atoms with Gasteiger partial charge in [0, 0.05) is 13.8 Å². The lowest BCUT2D eigenvalue weighted by atomic mass is 10.3. The summed E-state index contributed by atoms with van der Waals surface area (Å²) in [7, 11) is 0. The second-order valence-corrected chi connectivity index (χ2v) is 3.09. The molecule has 0 amide bonds. The smallest absolute Gasteiger partial charge is 0.351 e. The van der Waals surface area contributed by atoms with Crippen molar-refractivity contribution in [1.29, 1.82) is 0 Å². The third kappa shape index (κ3) is 9.01. The summed E-state index contributed by atoms with van der Waals surface area (Å²) in [6.45, 7) is 1.35. The van der Waals surface area contributed by atoms with Crippen LogP contribution in [-0.4, -0.2) is 36.5 Å². The Bertz CT molecular complexity index is 336. The van der Waals surface area contributed by atoms with E-state index in [9.17, 15) is 24.0 Å². The zero-order valence-corrected chi connectivity index (χ0v) is 9.89. The van der Waals surface area contributed by atoms with E-state index >= 15 is 0 Å². The summed E-state index contributed by atoms with van der Waals surface area (Å²) < 4.78 is 12.6. The molecule has 18 heavy (non-hydrogen) atoms. The van der Waals surface area contributed by atoms with Crippen LogP contribution in [0.5, 0.6) is 0 Å². The lowest BCUT2D eigenvalue weighted by molar-refractivity contribution is -0.166. The Morgan fingerprint density at radius 2 is 1.17 bits per heavy atom. The van der Waals surface area contributed by atoms with Gasteiger partial charge in [0.05, 0.1) is 12.8 Å². The third-order valence-electron chi connectivity index (χ3n) is 1.40. The molecule has 0 spiro atoms. The van der Waals surface area contributed by atoms with Gasteiger partial charge in [-0.05, 0) is 0 Å². The van der Waals surface area contributed by atoms with Crippen LogP contribution in [0, 0.1) is 0 Å². The van der Waals surface area contributed by atoms with E-state index in [4.69, 9.17) is 0 Å². The summed E-state index contributed by atoms with van der Waals surface area (Å²) in [5.74, 6) is -4.33. The van der Waals surface area contributed by atoms with Crippen LogP contribution in [0.4, 0.5) is 0 Å². The number of carbonyl (C=O) groups excluding carboxylic acids is 5. The maximum absolute atomic E-state index is 11.0. The first kappa shape index (κ1) is 15.8. The Labute approximate surface area is 102 Å². The lowest BCUT2D eigenvalue weighted by Gasteiger charge is -2.03. The first-order valence-corrected chi connectivity index (χ1v) is 4.89. The second-order valence-electron chi connectivity index (χ2n) is 3.09. The van der Waals surface area contributed by atoms with E-state index in [0.717, 1.165) is 13.8 Å². The molecule has 0 bridgehead atoms. The van der Waals surface area contributed by atoms with Crippen molar-refractivity contribution in [1.82, 2.24) is 0 Å². The molecule has 0 aliphatic heterocycles. The van der Waals surface area contributed by atoms with Gasteiger partial charge in [0.1, 0.15) is 0 Å². The highest BCUT2D eigenvalue weighted by Crippen LogP contribution is 1.96. The molecule has 0 unspecified atom stereocenters. The molecule has 0 fully saturated rings. The molecule has 8 nitrogen and oxygen atoms in total. The predicted octanol–water partition coefficient (Wildman–Crippen LogP) is -0.511. The molecule has 100 valence electrons. The lowest BCUT2D eigenvalue weighted by Crippen LogP contribution is -2.19. The van der Waals surface area contributed by atoms with Crippen LogP contribution in [0.25, 0.3) is 0 Å². The summed E-state index contributed by atoms with van der Waals surface area (Å²) >= 11 is 0. The first-order valence-electron chi connectivity index (χ1n) is 4.89. The molecular formula is C10H12O8. The van der Waals surface area contributed by atoms with Gasteiger partial charge in [-0.15, -0.1) is 0 Å². The molecule has 0 radical (unpaired) electrons. The van der Waals surface area contributed by atoms with Gasteiger partial charge in [0.15, 0.2) is 6.61 Å². The fourth-order valence-electron chi connectivity index (χ4n) is 0.817. The first-order chi connectivity index (χ1) is 8.31. The summed E-state index contributed by atoms with van der Waals surface area (Å²) in [5.41, 5.74) is 0. The molecule has 0 heterocycles. The van der Waals surface area contributed by atoms with Gasteiger partial charge < -0.3 is 14.2 Å². The van der Waals surface area contributed by atoms with Crippen LogP contribution in [0.2, 0.25) is 0 Å². The minimum absolute atomic E-state index is 0.347. The predicted molar refractivity (Wildman–Crippen MR) is 53.7 cm³/mol. The standard InChI is InChI=1S/C10H12O8/c1-6(11)17-9(14)4-3-8(13)16-5-10(15)18-7(2)12/h3-5H2,1-2H3. The summed E-state index contributed by atoms with van der Waals surface area (Å²) in [4.78, 5) is 53.4. The van der Waals surface area contributed by atoms with Crippen LogP contribution >= 0.6 is 0 Å².